The lowest BCUT2D eigenvalue weighted by atomic mass is 9.96. The van der Waals surface area contributed by atoms with Gasteiger partial charge in [-0.05, 0) is 80.7 Å². The van der Waals surface area contributed by atoms with Crippen LogP contribution in [-0.2, 0) is 25.7 Å². The lowest BCUT2D eigenvalue weighted by Crippen LogP contribution is -2.15. The molecule has 2 heterocycles. The molecule has 170 valence electrons. The zero-order valence-corrected chi connectivity index (χ0v) is 20.1. The maximum Gasteiger partial charge on any atom is 0.256 e. The van der Waals surface area contributed by atoms with Crippen LogP contribution in [0, 0.1) is 22.7 Å². The van der Waals surface area contributed by atoms with E-state index < -0.39 is 0 Å². The minimum Gasteiger partial charge on any atom is -0.312 e. The van der Waals surface area contributed by atoms with Gasteiger partial charge in [0.05, 0.1) is 11.1 Å². The Morgan fingerprint density at radius 3 is 1.62 bits per heavy atom. The number of thiophene rings is 2. The molecule has 1 aromatic carbocycles. The van der Waals surface area contributed by atoms with E-state index in [1.165, 1.54) is 32.4 Å². The average Bonchev–Trinajstić information content (AvgIpc) is 3.40. The Morgan fingerprint density at radius 1 is 0.735 bits per heavy atom. The number of hydrogen-bond acceptors (Lipinski definition) is 6. The number of rotatable bonds is 4. The van der Waals surface area contributed by atoms with Crippen molar-refractivity contribution in [2.24, 2.45) is 0 Å². The Balaban J connectivity index is 1.35. The molecule has 0 atom stereocenters. The van der Waals surface area contributed by atoms with Gasteiger partial charge in [-0.1, -0.05) is 6.07 Å². The molecule has 2 aromatic heterocycles. The van der Waals surface area contributed by atoms with E-state index in [1.54, 1.807) is 24.3 Å². The average molecular weight is 487 g/mol. The van der Waals surface area contributed by atoms with E-state index in [1.807, 2.05) is 0 Å². The van der Waals surface area contributed by atoms with Gasteiger partial charge in [-0.25, -0.2) is 0 Å². The summed E-state index contributed by atoms with van der Waals surface area (Å²) in [6, 6.07) is 11.0. The molecule has 0 saturated heterocycles. The van der Waals surface area contributed by atoms with Gasteiger partial charge in [0.25, 0.3) is 11.8 Å². The third-order valence-corrected chi connectivity index (χ3v) is 8.82. The van der Waals surface area contributed by atoms with Crippen molar-refractivity contribution in [1.82, 2.24) is 0 Å². The summed E-state index contributed by atoms with van der Waals surface area (Å²) in [5.41, 5.74) is 3.94. The highest BCUT2D eigenvalue weighted by Crippen LogP contribution is 2.39. The number of nitrogens with zero attached hydrogens (tertiary/aromatic N) is 2. The van der Waals surface area contributed by atoms with Crippen LogP contribution in [0.1, 0.15) is 78.4 Å². The summed E-state index contributed by atoms with van der Waals surface area (Å²) in [4.78, 5) is 28.3. The standard InChI is InChI=1S/C26H22N4O2S2/c27-13-19-17-8-1-3-10-21(17)33-25(19)29-23(31)15-6-5-7-16(12-15)24(32)30-26-20(14-28)18-9-2-4-11-22(18)34-26/h5-7,12H,1-4,8-11H2,(H,29,31)(H,30,32). The number of fused-ring (bicyclic) bond motifs is 2. The molecule has 3 aromatic rings. The van der Waals surface area contributed by atoms with Crippen LogP contribution >= 0.6 is 22.7 Å². The molecule has 6 nitrogen and oxygen atoms in total. The molecule has 0 fully saturated rings. The minimum atomic E-state index is -0.353. The van der Waals surface area contributed by atoms with E-state index >= 15 is 0 Å². The topological polar surface area (TPSA) is 106 Å². The number of nitrogens with one attached hydrogen (secondary N) is 2. The number of nitriles is 2. The molecule has 0 bridgehead atoms. The number of aryl methyl sites for hydroxylation is 2. The van der Waals surface area contributed by atoms with E-state index in [2.05, 4.69) is 22.8 Å². The lowest BCUT2D eigenvalue weighted by molar-refractivity contribution is 0.102. The molecule has 0 aliphatic heterocycles. The van der Waals surface area contributed by atoms with Crippen LogP contribution in [0.25, 0.3) is 0 Å². The molecule has 2 amide bonds. The number of amides is 2. The zero-order valence-electron chi connectivity index (χ0n) is 18.5. The molecular formula is C26H22N4O2S2. The monoisotopic (exact) mass is 486 g/mol. The predicted octanol–water partition coefficient (Wildman–Crippen LogP) is 5.82. The van der Waals surface area contributed by atoms with Crippen molar-refractivity contribution >= 4 is 44.5 Å². The number of carbonyl (C=O) groups is 2. The fourth-order valence-electron chi connectivity index (χ4n) is 4.70. The lowest BCUT2D eigenvalue weighted by Gasteiger charge is -2.09. The van der Waals surface area contributed by atoms with Crippen LogP contribution < -0.4 is 10.6 Å². The van der Waals surface area contributed by atoms with Crippen molar-refractivity contribution in [3.63, 3.8) is 0 Å². The van der Waals surface area contributed by atoms with Crippen LogP contribution in [0.15, 0.2) is 24.3 Å². The Bertz CT molecular complexity index is 1290. The Labute approximate surface area is 205 Å². The molecule has 2 aliphatic rings. The molecule has 34 heavy (non-hydrogen) atoms. The van der Waals surface area contributed by atoms with Gasteiger partial charge < -0.3 is 10.6 Å². The van der Waals surface area contributed by atoms with Crippen LogP contribution in [0.3, 0.4) is 0 Å². The molecule has 0 saturated carbocycles. The summed E-state index contributed by atoms with van der Waals surface area (Å²) in [6.45, 7) is 0. The summed E-state index contributed by atoms with van der Waals surface area (Å²) in [7, 11) is 0. The van der Waals surface area contributed by atoms with Crippen LogP contribution in [0.2, 0.25) is 0 Å². The molecule has 2 aliphatic carbocycles. The van der Waals surface area contributed by atoms with Crippen molar-refractivity contribution in [3.05, 3.63) is 67.4 Å². The fourth-order valence-corrected chi connectivity index (χ4v) is 7.17. The molecular weight excluding hydrogens is 464 g/mol. The third-order valence-electron chi connectivity index (χ3n) is 6.41. The Kier molecular flexibility index (Phi) is 6.19. The number of benzene rings is 1. The molecule has 5 rings (SSSR count). The normalized spacial score (nSPS) is 14.3. The highest BCUT2D eigenvalue weighted by molar-refractivity contribution is 7.17. The van der Waals surface area contributed by atoms with Gasteiger partial charge in [0.15, 0.2) is 0 Å². The Morgan fingerprint density at radius 2 is 1.18 bits per heavy atom. The fraction of sp³-hybridized carbons (Fsp3) is 0.308. The van der Waals surface area contributed by atoms with Gasteiger partial charge in [0, 0.05) is 20.9 Å². The van der Waals surface area contributed by atoms with Gasteiger partial charge in [-0.15, -0.1) is 22.7 Å². The van der Waals surface area contributed by atoms with Gasteiger partial charge in [0.1, 0.15) is 22.1 Å². The number of anilines is 2. The van der Waals surface area contributed by atoms with E-state index in [4.69, 9.17) is 0 Å². The summed E-state index contributed by atoms with van der Waals surface area (Å²) in [6.07, 6.45) is 7.95. The van der Waals surface area contributed by atoms with Crippen molar-refractivity contribution in [3.8, 4) is 12.1 Å². The maximum atomic E-state index is 13.0. The van der Waals surface area contributed by atoms with Crippen LogP contribution in [0.5, 0.6) is 0 Å². The van der Waals surface area contributed by atoms with Crippen molar-refractivity contribution in [2.45, 2.75) is 51.4 Å². The minimum absolute atomic E-state index is 0.342. The van der Waals surface area contributed by atoms with E-state index in [0.717, 1.165) is 62.5 Å². The first-order chi connectivity index (χ1) is 16.6. The number of hydrogen-bond donors (Lipinski definition) is 2. The van der Waals surface area contributed by atoms with Crippen molar-refractivity contribution in [1.29, 1.82) is 10.5 Å². The zero-order chi connectivity index (χ0) is 23.7. The van der Waals surface area contributed by atoms with E-state index in [-0.39, 0.29) is 11.8 Å². The first kappa shape index (κ1) is 22.3. The number of carbonyl (C=O) groups excluding carboxylic acids is 2. The molecule has 0 radical (unpaired) electrons. The van der Waals surface area contributed by atoms with Gasteiger partial charge in [-0.3, -0.25) is 9.59 Å². The van der Waals surface area contributed by atoms with Gasteiger partial charge in [-0.2, -0.15) is 10.5 Å². The summed E-state index contributed by atoms with van der Waals surface area (Å²) in [5, 5.41) is 26.2. The maximum absolute atomic E-state index is 13.0. The first-order valence-corrected chi connectivity index (χ1v) is 13.0. The summed E-state index contributed by atoms with van der Waals surface area (Å²) < 4.78 is 0. The highest BCUT2D eigenvalue weighted by atomic mass is 32.1. The van der Waals surface area contributed by atoms with Crippen molar-refractivity contribution < 1.29 is 9.59 Å². The molecule has 0 spiro atoms. The van der Waals surface area contributed by atoms with E-state index in [9.17, 15) is 20.1 Å². The van der Waals surface area contributed by atoms with Gasteiger partial charge in [0.2, 0.25) is 0 Å². The van der Waals surface area contributed by atoms with Gasteiger partial charge >= 0.3 is 0 Å². The third kappa shape index (κ3) is 4.11. The van der Waals surface area contributed by atoms with Crippen LogP contribution in [0.4, 0.5) is 10.0 Å². The second-order valence-corrected chi connectivity index (χ2v) is 10.8. The predicted molar refractivity (Wildman–Crippen MR) is 134 cm³/mol. The Hall–Kier alpha value is -3.46. The molecule has 8 heteroatoms. The summed E-state index contributed by atoms with van der Waals surface area (Å²) >= 11 is 2.95. The SMILES string of the molecule is N#Cc1c(NC(=O)c2cccc(C(=O)Nc3sc4c(c3C#N)CCCC4)c2)sc2c1CCCC2. The second-order valence-electron chi connectivity index (χ2n) is 8.54. The largest absolute Gasteiger partial charge is 0.312 e. The first-order valence-electron chi connectivity index (χ1n) is 11.4. The van der Waals surface area contributed by atoms with Crippen molar-refractivity contribution in [2.75, 3.05) is 10.6 Å². The molecule has 2 N–H and O–H groups in total. The highest BCUT2D eigenvalue weighted by Gasteiger charge is 2.24. The summed E-state index contributed by atoms with van der Waals surface area (Å²) in [5.74, 6) is -0.705. The smallest absolute Gasteiger partial charge is 0.256 e. The van der Waals surface area contributed by atoms with Crippen LogP contribution in [-0.4, -0.2) is 11.8 Å². The van der Waals surface area contributed by atoms with E-state index in [0.29, 0.717) is 32.3 Å². The molecule has 0 unspecified atom stereocenters. The second kappa shape index (κ2) is 9.42. The quantitative estimate of drug-likeness (QED) is 0.485.